The van der Waals surface area contributed by atoms with Gasteiger partial charge in [-0.2, -0.15) is 0 Å². The number of amides is 1. The summed E-state index contributed by atoms with van der Waals surface area (Å²) in [7, 11) is 3.81. The van der Waals surface area contributed by atoms with E-state index in [-0.39, 0.29) is 0 Å². The van der Waals surface area contributed by atoms with E-state index in [4.69, 9.17) is 5.73 Å². The van der Waals surface area contributed by atoms with Gasteiger partial charge >= 0.3 is 0 Å². The average Bonchev–Trinajstić information content (AvgIpc) is 2.03. The minimum Gasteiger partial charge on any atom is -0.366 e. The summed E-state index contributed by atoms with van der Waals surface area (Å²) in [6, 6.07) is 3.27. The molecule has 1 rings (SSSR count). The molecule has 0 spiro atoms. The van der Waals surface area contributed by atoms with Crippen LogP contribution in [0.2, 0.25) is 0 Å². The second-order valence-corrected chi connectivity index (χ2v) is 3.98. The van der Waals surface area contributed by atoms with Crippen molar-refractivity contribution in [2.24, 2.45) is 5.73 Å². The first-order valence-corrected chi connectivity index (χ1v) is 4.48. The lowest BCUT2D eigenvalue weighted by atomic mass is 10.3. The van der Waals surface area contributed by atoms with Gasteiger partial charge in [0.15, 0.2) is 0 Å². The number of nitrogens with two attached hydrogens (primary N) is 1. The van der Waals surface area contributed by atoms with Gasteiger partial charge in [-0.15, -0.1) is 0 Å². The van der Waals surface area contributed by atoms with Crippen LogP contribution in [0.15, 0.2) is 23.4 Å². The predicted molar refractivity (Wildman–Crippen MR) is 52.3 cm³/mol. The maximum Gasteiger partial charge on any atom is 0.248 e. The zero-order valence-electron chi connectivity index (χ0n) is 7.52. The Morgan fingerprint density at radius 2 is 2.31 bits per heavy atom. The van der Waals surface area contributed by atoms with E-state index in [0.29, 0.717) is 5.56 Å². The van der Waals surface area contributed by atoms with Crippen LogP contribution in [0.3, 0.4) is 0 Å². The molecule has 5 heteroatoms. The molecule has 0 saturated carbocycles. The van der Waals surface area contributed by atoms with Gasteiger partial charge in [0.05, 0.1) is 0 Å². The first-order chi connectivity index (χ1) is 6.09. The molecule has 0 fully saturated rings. The zero-order valence-corrected chi connectivity index (χ0v) is 8.34. The Bertz CT molecular complexity index is 314. The highest BCUT2D eigenvalue weighted by Gasteiger charge is 2.03. The molecule has 4 nitrogen and oxygen atoms in total. The highest BCUT2D eigenvalue weighted by atomic mass is 32.2. The molecular formula is C8H11N3OS. The van der Waals surface area contributed by atoms with Gasteiger partial charge in [-0.1, -0.05) is 0 Å². The van der Waals surface area contributed by atoms with E-state index in [1.807, 2.05) is 18.4 Å². The smallest absolute Gasteiger partial charge is 0.248 e. The van der Waals surface area contributed by atoms with Crippen molar-refractivity contribution >= 4 is 17.9 Å². The van der Waals surface area contributed by atoms with Gasteiger partial charge in [-0.05, 0) is 38.2 Å². The van der Waals surface area contributed by atoms with E-state index in [0.717, 1.165) is 5.03 Å². The third-order valence-electron chi connectivity index (χ3n) is 1.30. The van der Waals surface area contributed by atoms with Crippen LogP contribution in [0.1, 0.15) is 10.4 Å². The monoisotopic (exact) mass is 197 g/mol. The van der Waals surface area contributed by atoms with Crippen molar-refractivity contribution in [2.75, 3.05) is 14.1 Å². The molecule has 2 N–H and O–H groups in total. The van der Waals surface area contributed by atoms with Crippen molar-refractivity contribution in [1.29, 1.82) is 0 Å². The minimum absolute atomic E-state index is 0.428. The summed E-state index contributed by atoms with van der Waals surface area (Å²) in [5, 5.41) is 0.765. The highest BCUT2D eigenvalue weighted by Crippen LogP contribution is 2.17. The van der Waals surface area contributed by atoms with Crippen molar-refractivity contribution in [3.63, 3.8) is 0 Å². The van der Waals surface area contributed by atoms with Crippen molar-refractivity contribution in [3.8, 4) is 0 Å². The van der Waals surface area contributed by atoms with Crippen LogP contribution in [0.4, 0.5) is 0 Å². The number of primary amides is 1. The fourth-order valence-electron chi connectivity index (χ4n) is 0.800. The summed E-state index contributed by atoms with van der Waals surface area (Å²) < 4.78 is 1.90. The summed E-state index contributed by atoms with van der Waals surface area (Å²) in [6.45, 7) is 0. The minimum atomic E-state index is -0.428. The van der Waals surface area contributed by atoms with Crippen LogP contribution in [-0.2, 0) is 0 Å². The maximum atomic E-state index is 10.8. The lowest BCUT2D eigenvalue weighted by Crippen LogP contribution is -2.11. The Morgan fingerprint density at radius 3 is 2.85 bits per heavy atom. The summed E-state index contributed by atoms with van der Waals surface area (Å²) in [4.78, 5) is 14.9. The van der Waals surface area contributed by atoms with E-state index >= 15 is 0 Å². The van der Waals surface area contributed by atoms with Crippen molar-refractivity contribution in [1.82, 2.24) is 9.29 Å². The molecule has 1 amide bonds. The Kier molecular flexibility index (Phi) is 3.27. The second-order valence-electron chi connectivity index (χ2n) is 2.65. The molecule has 0 aliphatic rings. The number of pyridine rings is 1. The Morgan fingerprint density at radius 1 is 1.62 bits per heavy atom. The molecule has 0 atom stereocenters. The number of hydrogen-bond donors (Lipinski definition) is 1. The Balaban J connectivity index is 2.85. The molecule has 0 unspecified atom stereocenters. The van der Waals surface area contributed by atoms with Crippen LogP contribution in [0.5, 0.6) is 0 Å². The van der Waals surface area contributed by atoms with Gasteiger partial charge in [0.2, 0.25) is 5.91 Å². The highest BCUT2D eigenvalue weighted by molar-refractivity contribution is 7.96. The average molecular weight is 197 g/mol. The van der Waals surface area contributed by atoms with E-state index in [9.17, 15) is 4.79 Å². The molecule has 1 aromatic rings. The number of rotatable bonds is 3. The van der Waals surface area contributed by atoms with Crippen LogP contribution < -0.4 is 5.73 Å². The third kappa shape index (κ3) is 3.04. The van der Waals surface area contributed by atoms with Crippen LogP contribution in [0, 0.1) is 0 Å². The molecule has 70 valence electrons. The van der Waals surface area contributed by atoms with E-state index in [1.165, 1.54) is 11.9 Å². The lowest BCUT2D eigenvalue weighted by Gasteiger charge is -2.07. The first-order valence-electron chi connectivity index (χ1n) is 3.71. The molecule has 0 aliphatic carbocycles. The van der Waals surface area contributed by atoms with Gasteiger partial charge in [-0.25, -0.2) is 4.98 Å². The fourth-order valence-corrected chi connectivity index (χ4v) is 1.46. The number of carbonyl (C=O) groups excluding carboxylic acids is 1. The lowest BCUT2D eigenvalue weighted by molar-refractivity contribution is 0.1000. The molecule has 1 aromatic heterocycles. The second kappa shape index (κ2) is 4.25. The SMILES string of the molecule is CN(C)Sc1cc(C(N)=O)ccn1. The zero-order chi connectivity index (χ0) is 9.84. The molecule has 1 heterocycles. The van der Waals surface area contributed by atoms with Crippen molar-refractivity contribution in [2.45, 2.75) is 5.03 Å². The molecule has 0 saturated heterocycles. The summed E-state index contributed by atoms with van der Waals surface area (Å²) in [6.07, 6.45) is 1.58. The number of carbonyl (C=O) groups is 1. The summed E-state index contributed by atoms with van der Waals surface area (Å²) in [5.74, 6) is -0.428. The number of aromatic nitrogens is 1. The van der Waals surface area contributed by atoms with Crippen LogP contribution in [0.25, 0.3) is 0 Å². The molecule has 13 heavy (non-hydrogen) atoms. The van der Waals surface area contributed by atoms with E-state index in [1.54, 1.807) is 18.3 Å². The predicted octanol–water partition coefficient (Wildman–Crippen LogP) is 0.749. The normalized spacial score (nSPS) is 10.4. The van der Waals surface area contributed by atoms with Gasteiger partial charge in [0.1, 0.15) is 5.03 Å². The van der Waals surface area contributed by atoms with Crippen molar-refractivity contribution < 1.29 is 4.79 Å². The molecular weight excluding hydrogens is 186 g/mol. The molecule has 0 aromatic carbocycles. The van der Waals surface area contributed by atoms with Crippen LogP contribution >= 0.6 is 11.9 Å². The Hall–Kier alpha value is -1.07. The van der Waals surface area contributed by atoms with E-state index < -0.39 is 5.91 Å². The largest absolute Gasteiger partial charge is 0.366 e. The van der Waals surface area contributed by atoms with Gasteiger partial charge in [0, 0.05) is 11.8 Å². The van der Waals surface area contributed by atoms with Crippen molar-refractivity contribution in [3.05, 3.63) is 23.9 Å². The number of hydrogen-bond acceptors (Lipinski definition) is 4. The fraction of sp³-hybridized carbons (Fsp3) is 0.250. The third-order valence-corrected chi connectivity index (χ3v) is 2.07. The standard InChI is InChI=1S/C8H11N3OS/c1-11(2)13-7-5-6(8(9)12)3-4-10-7/h3-5H,1-2H3,(H2,9,12). The first kappa shape index (κ1) is 10.0. The molecule has 0 bridgehead atoms. The van der Waals surface area contributed by atoms with Gasteiger partial charge in [-0.3, -0.25) is 9.10 Å². The van der Waals surface area contributed by atoms with Gasteiger partial charge in [0.25, 0.3) is 0 Å². The quantitative estimate of drug-likeness (QED) is 0.726. The molecule has 0 radical (unpaired) electrons. The summed E-state index contributed by atoms with van der Waals surface area (Å²) in [5.41, 5.74) is 5.61. The topological polar surface area (TPSA) is 59.2 Å². The maximum absolute atomic E-state index is 10.8. The number of nitrogens with zero attached hydrogens (tertiary/aromatic N) is 2. The van der Waals surface area contributed by atoms with Crippen LogP contribution in [-0.4, -0.2) is 29.3 Å². The molecule has 0 aliphatic heterocycles. The van der Waals surface area contributed by atoms with E-state index in [2.05, 4.69) is 4.98 Å². The summed E-state index contributed by atoms with van der Waals surface area (Å²) >= 11 is 1.44. The Labute approximate surface area is 81.3 Å². The van der Waals surface area contributed by atoms with Gasteiger partial charge < -0.3 is 5.73 Å².